The van der Waals surface area contributed by atoms with Crippen molar-refractivity contribution < 1.29 is 0 Å². The zero-order chi connectivity index (χ0) is 12.5. The van der Waals surface area contributed by atoms with Gasteiger partial charge in [-0.15, -0.1) is 0 Å². The van der Waals surface area contributed by atoms with E-state index in [1.165, 1.54) is 5.56 Å². The van der Waals surface area contributed by atoms with E-state index in [4.69, 9.17) is 10.7 Å². The number of anilines is 2. The van der Waals surface area contributed by atoms with Gasteiger partial charge in [0.2, 0.25) is 0 Å². The first-order valence-electron chi connectivity index (χ1n) is 5.49. The zero-order valence-corrected chi connectivity index (χ0v) is 12.1. The molecule has 2 aromatic rings. The van der Waals surface area contributed by atoms with Gasteiger partial charge in [0.1, 0.15) is 0 Å². The van der Waals surface area contributed by atoms with Crippen molar-refractivity contribution in [3.8, 4) is 0 Å². The van der Waals surface area contributed by atoms with Crippen LogP contribution in [-0.4, -0.2) is 0 Å². The third-order valence-electron chi connectivity index (χ3n) is 2.63. The van der Waals surface area contributed by atoms with Crippen LogP contribution in [0.25, 0.3) is 0 Å². The lowest BCUT2D eigenvalue weighted by Crippen LogP contribution is -1.89. The third-order valence-corrected chi connectivity index (χ3v) is 5.56. The topological polar surface area (TPSA) is 24.4 Å². The quantitative estimate of drug-likeness (QED) is 0.755. The molecular weight excluding hydrogens is 284 g/mol. The van der Waals surface area contributed by atoms with E-state index in [1.54, 1.807) is 10.8 Å². The van der Waals surface area contributed by atoms with Crippen LogP contribution in [0, 0.1) is 6.92 Å². The fourth-order valence-corrected chi connectivity index (χ4v) is 4.67. The van der Waals surface area contributed by atoms with Gasteiger partial charge in [-0.1, -0.05) is 17.7 Å². The van der Waals surface area contributed by atoms with Crippen LogP contribution in [0.1, 0.15) is 5.56 Å². The summed E-state index contributed by atoms with van der Waals surface area (Å²) in [5.74, 6) is 0. The molecule has 0 amide bonds. The Morgan fingerprint density at radius 3 is 2.61 bits per heavy atom. The molecule has 0 saturated heterocycles. The second-order valence-corrected chi connectivity index (χ2v) is 8.13. The van der Waals surface area contributed by atoms with E-state index < -0.39 is 8.94 Å². The smallest absolute Gasteiger partial charge is 0.0873 e. The Labute approximate surface area is 117 Å². The fraction of sp³-hybridized carbons (Fsp3) is 0.0769. The summed E-state index contributed by atoms with van der Waals surface area (Å²) in [6, 6.07) is 14.5. The molecule has 1 atom stereocenters. The Morgan fingerprint density at radius 1 is 1.11 bits per heavy atom. The molecule has 0 fully saturated rings. The number of nitrogens with one attached hydrogen (secondary N) is 1. The Balaban J connectivity index is 1.83. The minimum atomic E-state index is -0.441. The SMILES string of the molecule is Cc1ccc(Nc2ccc3c(c2)SS(Cl)=N3)cc1. The molecule has 2 nitrogen and oxygen atoms in total. The van der Waals surface area contributed by atoms with Gasteiger partial charge >= 0.3 is 0 Å². The van der Waals surface area contributed by atoms with Gasteiger partial charge in [-0.2, -0.15) is 0 Å². The monoisotopic (exact) mass is 294 g/mol. The maximum Gasteiger partial charge on any atom is 0.0873 e. The highest BCUT2D eigenvalue weighted by molar-refractivity contribution is 8.78. The summed E-state index contributed by atoms with van der Waals surface area (Å²) in [7, 11) is 7.17. The molecule has 0 aromatic heterocycles. The van der Waals surface area contributed by atoms with Crippen LogP contribution >= 0.6 is 21.5 Å². The van der Waals surface area contributed by atoms with E-state index in [2.05, 4.69) is 46.9 Å². The van der Waals surface area contributed by atoms with Crippen LogP contribution in [0.5, 0.6) is 0 Å². The van der Waals surface area contributed by atoms with Crippen molar-refractivity contribution in [1.82, 2.24) is 0 Å². The first-order chi connectivity index (χ1) is 8.70. The average Bonchev–Trinajstić information content (AvgIpc) is 2.71. The summed E-state index contributed by atoms with van der Waals surface area (Å²) in [6.07, 6.45) is 0. The van der Waals surface area contributed by atoms with Gasteiger partial charge in [-0.3, -0.25) is 0 Å². The number of benzene rings is 2. The number of hydrogen-bond acceptors (Lipinski definition) is 3. The molecule has 0 aliphatic carbocycles. The summed E-state index contributed by atoms with van der Waals surface area (Å²) in [5.41, 5.74) is 4.41. The molecule has 1 heterocycles. The standard InChI is InChI=1S/C13H11ClN2S2/c1-9-2-4-10(5-3-9)15-11-6-7-12-13(8-11)17-18(14)16-12/h2-8,15H,1H3. The molecule has 92 valence electrons. The summed E-state index contributed by atoms with van der Waals surface area (Å²) in [5, 5.41) is 3.38. The first kappa shape index (κ1) is 12.1. The first-order valence-corrected chi connectivity index (χ1v) is 8.83. The Bertz CT molecular complexity index is 623. The molecule has 1 unspecified atom stereocenters. The maximum absolute atomic E-state index is 6.01. The van der Waals surface area contributed by atoms with Crippen molar-refractivity contribution >= 4 is 47.5 Å². The van der Waals surface area contributed by atoms with Gasteiger partial charge in [0, 0.05) is 16.3 Å². The largest absolute Gasteiger partial charge is 0.355 e. The molecule has 0 spiro atoms. The predicted octanol–water partition coefficient (Wildman–Crippen LogP) is 5.35. The predicted molar refractivity (Wildman–Crippen MR) is 82.1 cm³/mol. The normalized spacial score (nSPS) is 17.1. The lowest BCUT2D eigenvalue weighted by molar-refractivity contribution is 1.39. The third kappa shape index (κ3) is 2.55. The van der Waals surface area contributed by atoms with Gasteiger partial charge < -0.3 is 5.32 Å². The highest BCUT2D eigenvalue weighted by atomic mass is 35.7. The highest BCUT2D eigenvalue weighted by Gasteiger charge is 2.13. The van der Waals surface area contributed by atoms with E-state index in [9.17, 15) is 0 Å². The van der Waals surface area contributed by atoms with Crippen LogP contribution in [0.2, 0.25) is 0 Å². The van der Waals surface area contributed by atoms with Crippen molar-refractivity contribution in [2.75, 3.05) is 5.32 Å². The lowest BCUT2D eigenvalue weighted by Gasteiger charge is -2.07. The Hall–Kier alpha value is -0.970. The minimum absolute atomic E-state index is 0.441. The van der Waals surface area contributed by atoms with Gasteiger partial charge in [-0.05, 0) is 58.7 Å². The summed E-state index contributed by atoms with van der Waals surface area (Å²) in [4.78, 5) is 1.14. The van der Waals surface area contributed by atoms with Crippen LogP contribution in [-0.2, 0) is 8.94 Å². The summed E-state index contributed by atoms with van der Waals surface area (Å²) < 4.78 is 4.34. The Kier molecular flexibility index (Phi) is 3.33. The number of rotatable bonds is 2. The number of halogens is 1. The molecule has 1 aliphatic heterocycles. The maximum atomic E-state index is 6.01. The minimum Gasteiger partial charge on any atom is -0.355 e. The van der Waals surface area contributed by atoms with E-state index in [0.717, 1.165) is 22.0 Å². The lowest BCUT2D eigenvalue weighted by atomic mass is 10.2. The summed E-state index contributed by atoms with van der Waals surface area (Å²) in [6.45, 7) is 2.08. The number of fused-ring (bicyclic) bond motifs is 1. The number of nitrogens with zero attached hydrogens (tertiary/aromatic N) is 1. The molecule has 1 N–H and O–H groups in total. The van der Waals surface area contributed by atoms with Crippen LogP contribution < -0.4 is 5.32 Å². The second kappa shape index (κ2) is 4.96. The van der Waals surface area contributed by atoms with E-state index in [-0.39, 0.29) is 0 Å². The molecule has 0 radical (unpaired) electrons. The summed E-state index contributed by atoms with van der Waals surface area (Å²) >= 11 is 0. The molecule has 18 heavy (non-hydrogen) atoms. The second-order valence-electron chi connectivity index (χ2n) is 4.05. The van der Waals surface area contributed by atoms with Crippen molar-refractivity contribution in [2.45, 2.75) is 11.8 Å². The molecular formula is C13H11ClN2S2. The van der Waals surface area contributed by atoms with Gasteiger partial charge in [0.15, 0.2) is 0 Å². The van der Waals surface area contributed by atoms with E-state index in [1.807, 2.05) is 12.1 Å². The zero-order valence-electron chi connectivity index (χ0n) is 9.68. The van der Waals surface area contributed by atoms with Crippen molar-refractivity contribution in [3.05, 3.63) is 48.0 Å². The van der Waals surface area contributed by atoms with Crippen LogP contribution in [0.15, 0.2) is 51.7 Å². The molecule has 0 saturated carbocycles. The highest BCUT2D eigenvalue weighted by Crippen LogP contribution is 2.43. The van der Waals surface area contributed by atoms with E-state index >= 15 is 0 Å². The number of aryl methyl sites for hydroxylation is 1. The van der Waals surface area contributed by atoms with Crippen LogP contribution in [0.3, 0.4) is 0 Å². The number of hydrogen-bond donors (Lipinski definition) is 1. The molecule has 1 aliphatic rings. The molecule has 5 heteroatoms. The van der Waals surface area contributed by atoms with Crippen molar-refractivity contribution in [2.24, 2.45) is 4.36 Å². The van der Waals surface area contributed by atoms with Gasteiger partial charge in [0.25, 0.3) is 0 Å². The molecule has 3 rings (SSSR count). The Morgan fingerprint density at radius 2 is 1.83 bits per heavy atom. The van der Waals surface area contributed by atoms with Gasteiger partial charge in [-0.25, -0.2) is 4.36 Å². The molecule has 2 aromatic carbocycles. The fourth-order valence-electron chi connectivity index (χ4n) is 1.71. The van der Waals surface area contributed by atoms with Crippen LogP contribution in [0.4, 0.5) is 17.1 Å². The van der Waals surface area contributed by atoms with Crippen molar-refractivity contribution in [3.63, 3.8) is 0 Å². The molecule has 0 bridgehead atoms. The average molecular weight is 295 g/mol. The van der Waals surface area contributed by atoms with Crippen molar-refractivity contribution in [1.29, 1.82) is 0 Å². The van der Waals surface area contributed by atoms with E-state index in [0.29, 0.717) is 0 Å². The van der Waals surface area contributed by atoms with Gasteiger partial charge in [0.05, 0.1) is 14.6 Å².